The van der Waals surface area contributed by atoms with Crippen LogP contribution in [0.3, 0.4) is 0 Å². The standard InChI is InChI=1S/C27H30F3NO7S2/c1-18-13-19(2)26(20(3)14-18)39(32,33)31(11-12-36-4)17-21-9-10-24(37-5)25(15-21)38-40(34,35)23-8-6-7-22(16-23)27(28,29)30/h6-10,13-16H,11-12,17H2,1-5H3. The number of hydrogen-bond acceptors (Lipinski definition) is 7. The van der Waals surface area contributed by atoms with E-state index >= 15 is 0 Å². The van der Waals surface area contributed by atoms with Gasteiger partial charge in [0, 0.05) is 20.2 Å². The van der Waals surface area contributed by atoms with E-state index in [4.69, 9.17) is 13.7 Å². The van der Waals surface area contributed by atoms with Crippen LogP contribution in [0.1, 0.15) is 27.8 Å². The van der Waals surface area contributed by atoms with Gasteiger partial charge in [-0.2, -0.15) is 25.9 Å². The summed E-state index contributed by atoms with van der Waals surface area (Å²) in [6, 6.07) is 10.9. The van der Waals surface area contributed by atoms with Gasteiger partial charge in [0.1, 0.15) is 4.90 Å². The fourth-order valence-electron chi connectivity index (χ4n) is 4.26. The van der Waals surface area contributed by atoms with Crippen LogP contribution in [0.25, 0.3) is 0 Å². The van der Waals surface area contributed by atoms with Crippen molar-refractivity contribution in [3.05, 3.63) is 82.4 Å². The topological polar surface area (TPSA) is 99.2 Å². The predicted octanol–water partition coefficient (Wildman–Crippen LogP) is 5.24. The van der Waals surface area contributed by atoms with Gasteiger partial charge in [0.15, 0.2) is 11.5 Å². The lowest BCUT2D eigenvalue weighted by Crippen LogP contribution is -2.34. The first kappa shape index (κ1) is 31.4. The van der Waals surface area contributed by atoms with E-state index < -0.39 is 36.8 Å². The van der Waals surface area contributed by atoms with Crippen LogP contribution in [0.4, 0.5) is 13.2 Å². The molecule has 0 aromatic heterocycles. The Morgan fingerprint density at radius 1 is 0.850 bits per heavy atom. The first-order valence-electron chi connectivity index (χ1n) is 12.0. The van der Waals surface area contributed by atoms with Gasteiger partial charge in [-0.1, -0.05) is 29.8 Å². The molecule has 0 bridgehead atoms. The SMILES string of the molecule is COCCN(Cc1ccc(OC)c(OS(=O)(=O)c2cccc(C(F)(F)F)c2)c1)S(=O)(=O)c1c(C)cc(C)cc1C. The molecule has 0 aliphatic rings. The van der Waals surface area contributed by atoms with Crippen molar-refractivity contribution in [1.29, 1.82) is 0 Å². The Bertz CT molecular complexity index is 1560. The molecule has 0 N–H and O–H groups in total. The zero-order valence-electron chi connectivity index (χ0n) is 22.6. The number of halogens is 3. The average Bonchev–Trinajstić information content (AvgIpc) is 2.85. The highest BCUT2D eigenvalue weighted by Gasteiger charge is 2.33. The van der Waals surface area contributed by atoms with Crippen molar-refractivity contribution in [2.75, 3.05) is 27.4 Å². The van der Waals surface area contributed by atoms with Crippen molar-refractivity contribution in [2.45, 2.75) is 43.3 Å². The van der Waals surface area contributed by atoms with Gasteiger partial charge in [-0.05, 0) is 67.8 Å². The van der Waals surface area contributed by atoms with E-state index in [0.29, 0.717) is 22.8 Å². The van der Waals surface area contributed by atoms with Crippen molar-refractivity contribution in [2.24, 2.45) is 0 Å². The molecule has 3 aromatic rings. The summed E-state index contributed by atoms with van der Waals surface area (Å²) in [5.41, 5.74) is 1.25. The van der Waals surface area contributed by atoms with E-state index in [1.165, 1.54) is 36.7 Å². The number of sulfonamides is 1. The molecule has 0 saturated carbocycles. The Kier molecular flexibility index (Phi) is 9.55. The molecule has 0 heterocycles. The zero-order chi connectivity index (χ0) is 29.9. The van der Waals surface area contributed by atoms with E-state index in [2.05, 4.69) is 0 Å². The normalized spacial score (nSPS) is 12.5. The first-order chi connectivity index (χ1) is 18.6. The van der Waals surface area contributed by atoms with Gasteiger partial charge in [0.05, 0.1) is 24.2 Å². The lowest BCUT2D eigenvalue weighted by Gasteiger charge is -2.25. The molecule has 0 fully saturated rings. The summed E-state index contributed by atoms with van der Waals surface area (Å²) in [5, 5.41) is 0. The summed E-state index contributed by atoms with van der Waals surface area (Å²) in [7, 11) is -6.03. The summed E-state index contributed by atoms with van der Waals surface area (Å²) in [6.45, 7) is 5.19. The third-order valence-electron chi connectivity index (χ3n) is 5.98. The van der Waals surface area contributed by atoms with E-state index in [-0.39, 0.29) is 36.1 Å². The monoisotopic (exact) mass is 601 g/mol. The van der Waals surface area contributed by atoms with Crippen LogP contribution >= 0.6 is 0 Å². The van der Waals surface area contributed by atoms with Crippen LogP contribution in [0, 0.1) is 20.8 Å². The number of benzene rings is 3. The minimum absolute atomic E-state index is 0.00363. The van der Waals surface area contributed by atoms with Gasteiger partial charge in [0.2, 0.25) is 10.0 Å². The second-order valence-corrected chi connectivity index (χ2v) is 12.5. The van der Waals surface area contributed by atoms with Crippen molar-refractivity contribution in [1.82, 2.24) is 4.31 Å². The molecule has 0 aliphatic carbocycles. The van der Waals surface area contributed by atoms with Gasteiger partial charge in [0.25, 0.3) is 0 Å². The molecule has 0 unspecified atom stereocenters. The molecule has 0 saturated heterocycles. The highest BCUT2D eigenvalue weighted by molar-refractivity contribution is 7.89. The summed E-state index contributed by atoms with van der Waals surface area (Å²) in [6.07, 6.45) is -4.76. The first-order valence-corrected chi connectivity index (χ1v) is 14.8. The second kappa shape index (κ2) is 12.2. The number of alkyl halides is 3. The van der Waals surface area contributed by atoms with E-state index in [9.17, 15) is 30.0 Å². The van der Waals surface area contributed by atoms with Gasteiger partial charge in [-0.25, -0.2) is 8.42 Å². The Balaban J connectivity index is 2.01. The molecule has 3 rings (SSSR count). The fraction of sp³-hybridized carbons (Fsp3) is 0.333. The van der Waals surface area contributed by atoms with Crippen LogP contribution in [-0.2, 0) is 37.6 Å². The lowest BCUT2D eigenvalue weighted by atomic mass is 10.1. The third-order valence-corrected chi connectivity index (χ3v) is 9.37. The number of nitrogens with zero attached hydrogens (tertiary/aromatic N) is 1. The molecule has 0 atom stereocenters. The molecule has 0 amide bonds. The number of hydrogen-bond donors (Lipinski definition) is 0. The minimum Gasteiger partial charge on any atom is -0.493 e. The minimum atomic E-state index is -4.76. The van der Waals surface area contributed by atoms with Crippen molar-refractivity contribution >= 4 is 20.1 Å². The Morgan fingerprint density at radius 2 is 1.50 bits per heavy atom. The molecule has 218 valence electrons. The van der Waals surface area contributed by atoms with Crippen molar-refractivity contribution in [3.63, 3.8) is 0 Å². The van der Waals surface area contributed by atoms with Crippen molar-refractivity contribution in [3.8, 4) is 11.5 Å². The number of rotatable bonds is 11. The maximum atomic E-state index is 13.8. The summed E-state index contributed by atoms with van der Waals surface area (Å²) >= 11 is 0. The van der Waals surface area contributed by atoms with E-state index in [1.807, 2.05) is 6.92 Å². The maximum Gasteiger partial charge on any atom is 0.416 e. The van der Waals surface area contributed by atoms with Crippen LogP contribution in [0.15, 0.2) is 64.4 Å². The number of aryl methyl sites for hydroxylation is 3. The lowest BCUT2D eigenvalue weighted by molar-refractivity contribution is -0.137. The quantitative estimate of drug-likeness (QED) is 0.277. The summed E-state index contributed by atoms with van der Waals surface area (Å²) in [4.78, 5) is -0.546. The molecular weight excluding hydrogens is 571 g/mol. The summed E-state index contributed by atoms with van der Waals surface area (Å²) < 4.78 is 109. The maximum absolute atomic E-state index is 13.8. The van der Waals surface area contributed by atoms with Crippen LogP contribution in [0.2, 0.25) is 0 Å². The smallest absolute Gasteiger partial charge is 0.416 e. The zero-order valence-corrected chi connectivity index (χ0v) is 24.2. The molecule has 3 aromatic carbocycles. The molecular formula is C27H30F3NO7S2. The Labute approximate surface area is 232 Å². The second-order valence-electron chi connectivity index (χ2n) is 9.11. The average molecular weight is 602 g/mol. The molecule has 0 spiro atoms. The van der Waals surface area contributed by atoms with Gasteiger partial charge >= 0.3 is 16.3 Å². The van der Waals surface area contributed by atoms with Gasteiger partial charge in [-0.3, -0.25) is 0 Å². The molecule has 40 heavy (non-hydrogen) atoms. The largest absolute Gasteiger partial charge is 0.493 e. The van der Waals surface area contributed by atoms with Crippen LogP contribution < -0.4 is 8.92 Å². The molecule has 0 aliphatic heterocycles. The highest BCUT2D eigenvalue weighted by Crippen LogP contribution is 2.34. The fourth-order valence-corrected chi connectivity index (χ4v) is 7.07. The Hall–Kier alpha value is -3.13. The van der Waals surface area contributed by atoms with E-state index in [0.717, 1.165) is 23.8 Å². The van der Waals surface area contributed by atoms with Gasteiger partial charge in [-0.15, -0.1) is 0 Å². The number of ether oxygens (including phenoxy) is 2. The highest BCUT2D eigenvalue weighted by atomic mass is 32.2. The van der Waals surface area contributed by atoms with Crippen molar-refractivity contribution < 1.29 is 43.7 Å². The molecule has 8 nitrogen and oxygen atoms in total. The van der Waals surface area contributed by atoms with E-state index in [1.54, 1.807) is 26.0 Å². The molecule has 13 heteroatoms. The Morgan fingerprint density at radius 3 is 2.08 bits per heavy atom. The predicted molar refractivity (Wildman–Crippen MR) is 142 cm³/mol. The van der Waals surface area contributed by atoms with Crippen LogP contribution in [0.5, 0.6) is 11.5 Å². The van der Waals surface area contributed by atoms with Gasteiger partial charge < -0.3 is 13.7 Å². The summed E-state index contributed by atoms with van der Waals surface area (Å²) in [5.74, 6) is -0.333. The number of methoxy groups -OCH3 is 2. The van der Waals surface area contributed by atoms with Crippen LogP contribution in [-0.4, -0.2) is 48.5 Å². The molecule has 0 radical (unpaired) electrons. The third kappa shape index (κ3) is 7.14.